The van der Waals surface area contributed by atoms with Gasteiger partial charge in [0.25, 0.3) is 0 Å². The second kappa shape index (κ2) is 10.3. The van der Waals surface area contributed by atoms with Gasteiger partial charge >= 0.3 is 12.1 Å². The molecule has 1 aliphatic heterocycles. The fraction of sp³-hybridized carbons (Fsp3) is 0.593. The SMILES string of the molecule is CCOC(=O)c1cc2cc(NC(=O)[C@@H]3[C@H](C4CCCCC4)CCN3C(=O)OC(C)(C)C)ccc2[nH]1. The maximum atomic E-state index is 13.6. The Hall–Kier alpha value is -3.03. The van der Waals surface area contributed by atoms with Gasteiger partial charge in [-0.15, -0.1) is 0 Å². The molecule has 4 rings (SSSR count). The van der Waals surface area contributed by atoms with Crippen molar-refractivity contribution in [2.75, 3.05) is 18.5 Å². The van der Waals surface area contributed by atoms with Gasteiger partial charge in [0.05, 0.1) is 6.61 Å². The van der Waals surface area contributed by atoms with Crippen LogP contribution in [0.15, 0.2) is 24.3 Å². The van der Waals surface area contributed by atoms with E-state index in [2.05, 4.69) is 10.3 Å². The van der Waals surface area contributed by atoms with Crippen molar-refractivity contribution in [3.05, 3.63) is 30.0 Å². The van der Waals surface area contributed by atoms with E-state index in [1.807, 2.05) is 32.9 Å². The Kier molecular flexibility index (Phi) is 7.38. The first-order valence-electron chi connectivity index (χ1n) is 12.8. The largest absolute Gasteiger partial charge is 0.461 e. The summed E-state index contributed by atoms with van der Waals surface area (Å²) in [5, 5.41) is 3.83. The summed E-state index contributed by atoms with van der Waals surface area (Å²) in [5.74, 6) is -0.0477. The van der Waals surface area contributed by atoms with Gasteiger partial charge in [0.1, 0.15) is 17.3 Å². The Labute approximate surface area is 206 Å². The van der Waals surface area contributed by atoms with E-state index in [0.717, 1.165) is 30.2 Å². The number of aromatic amines is 1. The number of amides is 2. The zero-order valence-electron chi connectivity index (χ0n) is 21.2. The Bertz CT molecular complexity index is 1080. The number of benzene rings is 1. The molecule has 2 amide bonds. The number of carbonyl (C=O) groups is 3. The molecule has 8 heteroatoms. The smallest absolute Gasteiger partial charge is 0.410 e. The van der Waals surface area contributed by atoms with Crippen molar-refractivity contribution in [2.45, 2.75) is 77.9 Å². The number of carbonyl (C=O) groups excluding carboxylic acids is 3. The minimum absolute atomic E-state index is 0.120. The second-order valence-corrected chi connectivity index (χ2v) is 10.7. The topological polar surface area (TPSA) is 101 Å². The lowest BCUT2D eigenvalue weighted by Gasteiger charge is -2.34. The molecule has 2 heterocycles. The van der Waals surface area contributed by atoms with Gasteiger partial charge in [-0.1, -0.05) is 32.1 Å². The van der Waals surface area contributed by atoms with Gasteiger partial charge in [0.2, 0.25) is 5.91 Å². The number of aromatic nitrogens is 1. The number of likely N-dealkylation sites (tertiary alicyclic amines) is 1. The number of esters is 1. The number of H-pyrrole nitrogens is 1. The summed E-state index contributed by atoms with van der Waals surface area (Å²) in [4.78, 5) is 43.4. The highest BCUT2D eigenvalue weighted by Gasteiger charge is 2.46. The highest BCUT2D eigenvalue weighted by atomic mass is 16.6. The maximum absolute atomic E-state index is 13.6. The molecule has 2 aromatic rings. The molecule has 0 unspecified atom stereocenters. The number of anilines is 1. The van der Waals surface area contributed by atoms with Crippen LogP contribution in [0.4, 0.5) is 10.5 Å². The zero-order valence-corrected chi connectivity index (χ0v) is 21.2. The lowest BCUT2D eigenvalue weighted by molar-refractivity contribution is -0.122. The number of fused-ring (bicyclic) bond motifs is 1. The van der Waals surface area contributed by atoms with Crippen LogP contribution in [0.3, 0.4) is 0 Å². The number of nitrogens with one attached hydrogen (secondary N) is 2. The van der Waals surface area contributed by atoms with E-state index >= 15 is 0 Å². The molecular formula is C27H37N3O5. The molecule has 2 N–H and O–H groups in total. The Balaban J connectivity index is 1.55. The zero-order chi connectivity index (χ0) is 25.2. The fourth-order valence-corrected chi connectivity index (χ4v) is 5.48. The average molecular weight is 484 g/mol. The summed E-state index contributed by atoms with van der Waals surface area (Å²) >= 11 is 0. The summed E-state index contributed by atoms with van der Waals surface area (Å²) in [6.07, 6.45) is 6.16. The van der Waals surface area contributed by atoms with Crippen LogP contribution in [0.1, 0.15) is 76.7 Å². The predicted octanol–water partition coefficient (Wildman–Crippen LogP) is 5.49. The average Bonchev–Trinajstić information content (AvgIpc) is 3.43. The van der Waals surface area contributed by atoms with Crippen LogP contribution < -0.4 is 5.32 Å². The van der Waals surface area contributed by atoms with Crippen LogP contribution in [0.5, 0.6) is 0 Å². The van der Waals surface area contributed by atoms with Crippen LogP contribution in [0.25, 0.3) is 10.9 Å². The maximum Gasteiger partial charge on any atom is 0.410 e. The first-order valence-corrected chi connectivity index (χ1v) is 12.8. The van der Waals surface area contributed by atoms with E-state index in [1.54, 1.807) is 24.0 Å². The fourth-order valence-electron chi connectivity index (χ4n) is 5.48. The quantitative estimate of drug-likeness (QED) is 0.548. The first-order chi connectivity index (χ1) is 16.7. The molecule has 1 aromatic heterocycles. The molecule has 1 saturated heterocycles. The van der Waals surface area contributed by atoms with Gasteiger partial charge in [-0.25, -0.2) is 9.59 Å². The van der Waals surface area contributed by atoms with E-state index < -0.39 is 23.7 Å². The van der Waals surface area contributed by atoms with Crippen LogP contribution in [0, 0.1) is 11.8 Å². The molecule has 2 aliphatic rings. The van der Waals surface area contributed by atoms with E-state index in [1.165, 1.54) is 19.3 Å². The lowest BCUT2D eigenvalue weighted by Crippen LogP contribution is -2.49. The van der Waals surface area contributed by atoms with E-state index in [0.29, 0.717) is 30.5 Å². The summed E-state index contributed by atoms with van der Waals surface area (Å²) in [6, 6.07) is 6.61. The van der Waals surface area contributed by atoms with Gasteiger partial charge in [-0.3, -0.25) is 9.69 Å². The van der Waals surface area contributed by atoms with Crippen molar-refractivity contribution in [1.82, 2.24) is 9.88 Å². The normalized spacial score (nSPS) is 21.2. The van der Waals surface area contributed by atoms with Crippen LogP contribution in [0.2, 0.25) is 0 Å². The number of nitrogens with zero attached hydrogens (tertiary/aromatic N) is 1. The van der Waals surface area contributed by atoms with Crippen molar-refractivity contribution < 1.29 is 23.9 Å². The molecule has 0 spiro atoms. The van der Waals surface area contributed by atoms with E-state index in [-0.39, 0.29) is 11.8 Å². The van der Waals surface area contributed by atoms with Gasteiger partial charge < -0.3 is 19.8 Å². The molecule has 1 aliphatic carbocycles. The van der Waals surface area contributed by atoms with Gasteiger partial charge in [-0.2, -0.15) is 0 Å². The molecule has 2 fully saturated rings. The van der Waals surface area contributed by atoms with E-state index in [4.69, 9.17) is 9.47 Å². The van der Waals surface area contributed by atoms with Crippen LogP contribution >= 0.6 is 0 Å². The van der Waals surface area contributed by atoms with Crippen molar-refractivity contribution >= 4 is 34.6 Å². The molecule has 0 bridgehead atoms. The highest BCUT2D eigenvalue weighted by Crippen LogP contribution is 2.40. The number of hydrogen-bond donors (Lipinski definition) is 2. The molecule has 8 nitrogen and oxygen atoms in total. The molecule has 35 heavy (non-hydrogen) atoms. The van der Waals surface area contributed by atoms with E-state index in [9.17, 15) is 14.4 Å². The number of rotatable bonds is 5. The third-order valence-corrected chi connectivity index (χ3v) is 6.98. The minimum Gasteiger partial charge on any atom is -0.461 e. The summed E-state index contributed by atoms with van der Waals surface area (Å²) in [7, 11) is 0. The lowest BCUT2D eigenvalue weighted by atomic mass is 9.76. The second-order valence-electron chi connectivity index (χ2n) is 10.7. The molecule has 1 saturated carbocycles. The van der Waals surface area contributed by atoms with Crippen molar-refractivity contribution in [3.63, 3.8) is 0 Å². The third kappa shape index (κ3) is 5.80. The molecule has 1 aromatic carbocycles. The molecule has 190 valence electrons. The van der Waals surface area contributed by atoms with Crippen molar-refractivity contribution in [2.24, 2.45) is 11.8 Å². The monoisotopic (exact) mass is 483 g/mol. The first kappa shape index (κ1) is 25.1. The van der Waals surface area contributed by atoms with Gasteiger partial charge in [0, 0.05) is 23.1 Å². The predicted molar refractivity (Wildman–Crippen MR) is 134 cm³/mol. The Morgan fingerprint density at radius 2 is 1.83 bits per heavy atom. The number of ether oxygens (including phenoxy) is 2. The van der Waals surface area contributed by atoms with Crippen LogP contribution in [-0.2, 0) is 14.3 Å². The molecular weight excluding hydrogens is 446 g/mol. The van der Waals surface area contributed by atoms with Crippen molar-refractivity contribution in [1.29, 1.82) is 0 Å². The molecule has 2 atom stereocenters. The number of hydrogen-bond acceptors (Lipinski definition) is 5. The van der Waals surface area contributed by atoms with Crippen LogP contribution in [-0.4, -0.2) is 52.6 Å². The summed E-state index contributed by atoms with van der Waals surface area (Å²) < 4.78 is 10.7. The van der Waals surface area contributed by atoms with Crippen molar-refractivity contribution in [3.8, 4) is 0 Å². The minimum atomic E-state index is -0.628. The highest BCUT2D eigenvalue weighted by molar-refractivity contribution is 6.00. The standard InChI is InChI=1S/C27H37N3O5/c1-5-34-25(32)22-16-18-15-19(11-12-21(18)29-22)28-24(31)23-20(17-9-7-6-8-10-17)13-14-30(23)26(33)35-27(2,3)4/h11-12,15-17,20,23,29H,5-10,13-14H2,1-4H3,(H,28,31)/t20-,23-/m0/s1. The van der Waals surface area contributed by atoms with Gasteiger partial charge in [0.15, 0.2) is 0 Å². The van der Waals surface area contributed by atoms with Gasteiger partial charge in [-0.05, 0) is 70.2 Å². The summed E-state index contributed by atoms with van der Waals surface area (Å²) in [5.41, 5.74) is 1.14. The Morgan fingerprint density at radius 3 is 2.51 bits per heavy atom. The molecule has 0 radical (unpaired) electrons. The summed E-state index contributed by atoms with van der Waals surface area (Å²) in [6.45, 7) is 8.10. The third-order valence-electron chi connectivity index (χ3n) is 6.98. The Morgan fingerprint density at radius 1 is 1.09 bits per heavy atom.